The van der Waals surface area contributed by atoms with E-state index < -0.39 is 0 Å². The van der Waals surface area contributed by atoms with Gasteiger partial charge in [-0.3, -0.25) is 9.69 Å². The first-order valence-corrected chi connectivity index (χ1v) is 13.5. The molecule has 4 atom stereocenters. The number of hydrogen-bond donors (Lipinski definition) is 1. The molecule has 1 N–H and O–H groups in total. The number of carbonyl (C=O) groups is 1. The third-order valence-electron chi connectivity index (χ3n) is 7.72. The number of hydrogen-bond acceptors (Lipinski definition) is 6. The Morgan fingerprint density at radius 1 is 1.18 bits per heavy atom. The molecule has 1 aliphatic heterocycles. The van der Waals surface area contributed by atoms with Crippen LogP contribution in [0.1, 0.15) is 32.6 Å². The number of rotatable bonds is 9. The van der Waals surface area contributed by atoms with E-state index in [1.54, 1.807) is 12.1 Å². The second-order valence-corrected chi connectivity index (χ2v) is 10.8. The zero-order chi connectivity index (χ0) is 23.5. The van der Waals surface area contributed by atoms with Gasteiger partial charge in [0, 0.05) is 37.8 Å². The van der Waals surface area contributed by atoms with Gasteiger partial charge in [-0.1, -0.05) is 18.2 Å². The van der Waals surface area contributed by atoms with Crippen molar-refractivity contribution in [3.63, 3.8) is 0 Å². The maximum atomic E-state index is 13.5. The van der Waals surface area contributed by atoms with E-state index in [9.17, 15) is 9.18 Å². The van der Waals surface area contributed by atoms with E-state index in [0.29, 0.717) is 24.0 Å². The van der Waals surface area contributed by atoms with Crippen molar-refractivity contribution in [2.45, 2.75) is 50.4 Å². The van der Waals surface area contributed by atoms with E-state index >= 15 is 0 Å². The van der Waals surface area contributed by atoms with Crippen LogP contribution in [-0.4, -0.2) is 70.2 Å². The molecule has 184 valence electrons. The molecular weight excluding hydrogens is 453 g/mol. The lowest BCUT2D eigenvalue weighted by atomic mass is 9.84. The fourth-order valence-corrected chi connectivity index (χ4v) is 6.69. The standard InChI is InChI=1S/C25H34FN5O2S/c1-17(22-15-18-2-3-20(22)14-18)27-23(32)16-34-25-29-28-24(19-4-6-21(26)7-5-19)31(25)9-8-30-10-12-33-13-11-30/h4-7,17-18,20,22H,2-3,8-16H2,1H3,(H,27,32). The highest BCUT2D eigenvalue weighted by Gasteiger charge is 2.42. The van der Waals surface area contributed by atoms with Gasteiger partial charge in [0.15, 0.2) is 11.0 Å². The van der Waals surface area contributed by atoms with Crippen LogP contribution in [0, 0.1) is 23.6 Å². The molecule has 2 bridgehead atoms. The summed E-state index contributed by atoms with van der Waals surface area (Å²) in [6.07, 6.45) is 5.30. The number of ether oxygens (including phenoxy) is 1. The molecule has 2 saturated carbocycles. The average Bonchev–Trinajstić information content (AvgIpc) is 3.59. The Morgan fingerprint density at radius 2 is 1.97 bits per heavy atom. The second-order valence-electron chi connectivity index (χ2n) is 9.90. The molecule has 1 saturated heterocycles. The van der Waals surface area contributed by atoms with E-state index in [2.05, 4.69) is 31.9 Å². The van der Waals surface area contributed by atoms with Crippen LogP contribution in [0.25, 0.3) is 11.4 Å². The molecule has 1 aromatic heterocycles. The summed E-state index contributed by atoms with van der Waals surface area (Å²) in [7, 11) is 0. The Labute approximate surface area is 204 Å². The normalized spacial score (nSPS) is 25.5. The molecule has 2 aromatic rings. The third-order valence-corrected chi connectivity index (χ3v) is 8.69. The zero-order valence-corrected chi connectivity index (χ0v) is 20.6. The van der Waals surface area contributed by atoms with Crippen LogP contribution >= 0.6 is 11.8 Å². The highest BCUT2D eigenvalue weighted by molar-refractivity contribution is 7.99. The molecule has 7 nitrogen and oxygen atoms in total. The maximum absolute atomic E-state index is 13.5. The van der Waals surface area contributed by atoms with Gasteiger partial charge in [-0.05, 0) is 68.2 Å². The Balaban J connectivity index is 1.23. The SMILES string of the molecule is CC(NC(=O)CSc1nnc(-c2ccc(F)cc2)n1CCN1CCOCC1)C1CC2CCC1C2. The van der Waals surface area contributed by atoms with Crippen LogP contribution < -0.4 is 5.32 Å². The van der Waals surface area contributed by atoms with Crippen LogP contribution in [-0.2, 0) is 16.1 Å². The first kappa shape index (κ1) is 23.8. The molecule has 2 aliphatic carbocycles. The Bertz CT molecular complexity index is 978. The average molecular weight is 488 g/mol. The Morgan fingerprint density at radius 3 is 2.68 bits per heavy atom. The topological polar surface area (TPSA) is 72.3 Å². The number of aromatic nitrogens is 3. The molecule has 1 amide bonds. The van der Waals surface area contributed by atoms with Gasteiger partial charge in [-0.2, -0.15) is 0 Å². The van der Waals surface area contributed by atoms with E-state index in [-0.39, 0.29) is 17.8 Å². The van der Waals surface area contributed by atoms with E-state index in [0.717, 1.165) is 55.4 Å². The predicted molar refractivity (Wildman–Crippen MR) is 130 cm³/mol. The Kier molecular flexibility index (Phi) is 7.51. The minimum atomic E-state index is -0.279. The highest BCUT2D eigenvalue weighted by atomic mass is 32.2. The minimum Gasteiger partial charge on any atom is -0.379 e. The van der Waals surface area contributed by atoms with E-state index in [4.69, 9.17) is 4.74 Å². The van der Waals surface area contributed by atoms with Gasteiger partial charge in [0.25, 0.3) is 0 Å². The summed E-state index contributed by atoms with van der Waals surface area (Å²) in [6.45, 7) is 7.00. The van der Waals surface area contributed by atoms with Crippen LogP contribution in [0.2, 0.25) is 0 Å². The van der Waals surface area contributed by atoms with Crippen LogP contribution in [0.3, 0.4) is 0 Å². The summed E-state index contributed by atoms with van der Waals surface area (Å²) in [6, 6.07) is 6.55. The fraction of sp³-hybridized carbons (Fsp3) is 0.640. The number of fused-ring (bicyclic) bond motifs is 2. The van der Waals surface area contributed by atoms with Crippen LogP contribution in [0.15, 0.2) is 29.4 Å². The number of benzene rings is 1. The molecule has 9 heteroatoms. The molecule has 0 radical (unpaired) electrons. The molecule has 0 spiro atoms. The minimum absolute atomic E-state index is 0.0475. The molecule has 4 unspecified atom stereocenters. The molecule has 2 heterocycles. The maximum Gasteiger partial charge on any atom is 0.230 e. The molecule has 34 heavy (non-hydrogen) atoms. The van der Waals surface area contributed by atoms with Gasteiger partial charge < -0.3 is 14.6 Å². The van der Waals surface area contributed by atoms with Gasteiger partial charge in [0.05, 0.1) is 19.0 Å². The lowest BCUT2D eigenvalue weighted by Crippen LogP contribution is -2.41. The molecule has 5 rings (SSSR count). The summed E-state index contributed by atoms with van der Waals surface area (Å²) in [5.74, 6) is 3.06. The molecular formula is C25H34FN5O2S. The first-order chi connectivity index (χ1) is 16.6. The summed E-state index contributed by atoms with van der Waals surface area (Å²) in [4.78, 5) is 15.1. The van der Waals surface area contributed by atoms with Crippen molar-refractivity contribution in [3.05, 3.63) is 30.1 Å². The number of carbonyl (C=O) groups excluding carboxylic acids is 1. The van der Waals surface area contributed by atoms with Gasteiger partial charge >= 0.3 is 0 Å². The van der Waals surface area contributed by atoms with Gasteiger partial charge in [-0.25, -0.2) is 4.39 Å². The van der Waals surface area contributed by atoms with Crippen molar-refractivity contribution in [3.8, 4) is 11.4 Å². The largest absolute Gasteiger partial charge is 0.379 e. The zero-order valence-electron chi connectivity index (χ0n) is 19.8. The van der Waals surface area contributed by atoms with E-state index in [1.807, 2.05) is 0 Å². The monoisotopic (exact) mass is 487 g/mol. The number of thioether (sulfide) groups is 1. The summed E-state index contributed by atoms with van der Waals surface area (Å²) in [5, 5.41) is 12.8. The van der Waals surface area contributed by atoms with Gasteiger partial charge in [-0.15, -0.1) is 10.2 Å². The summed E-state index contributed by atoms with van der Waals surface area (Å²) in [5.41, 5.74) is 0.817. The molecule has 3 aliphatic rings. The van der Waals surface area contributed by atoms with Crippen molar-refractivity contribution in [1.29, 1.82) is 0 Å². The smallest absolute Gasteiger partial charge is 0.230 e. The second kappa shape index (κ2) is 10.7. The Hall–Kier alpha value is -1.97. The van der Waals surface area contributed by atoms with Crippen LogP contribution in [0.4, 0.5) is 4.39 Å². The quantitative estimate of drug-likeness (QED) is 0.547. The third kappa shape index (κ3) is 5.47. The predicted octanol–water partition coefficient (Wildman–Crippen LogP) is 3.45. The number of morpholine rings is 1. The summed E-state index contributed by atoms with van der Waals surface area (Å²) < 4.78 is 21.0. The van der Waals surface area contributed by atoms with Crippen molar-refractivity contribution in [2.75, 3.05) is 38.6 Å². The van der Waals surface area contributed by atoms with E-state index in [1.165, 1.54) is 49.6 Å². The fourth-order valence-electron chi connectivity index (χ4n) is 5.91. The van der Waals surface area contributed by atoms with Gasteiger partial charge in [0.2, 0.25) is 5.91 Å². The lowest BCUT2D eigenvalue weighted by molar-refractivity contribution is -0.119. The summed E-state index contributed by atoms with van der Waals surface area (Å²) >= 11 is 1.42. The number of nitrogens with one attached hydrogen (secondary N) is 1. The molecule has 3 fully saturated rings. The molecule has 1 aromatic carbocycles. The van der Waals surface area contributed by atoms with Gasteiger partial charge in [0.1, 0.15) is 5.82 Å². The lowest BCUT2D eigenvalue weighted by Gasteiger charge is -2.28. The number of amides is 1. The number of nitrogens with zero attached hydrogens (tertiary/aromatic N) is 4. The first-order valence-electron chi connectivity index (χ1n) is 12.5. The highest BCUT2D eigenvalue weighted by Crippen LogP contribution is 2.49. The van der Waals surface area contributed by atoms with Crippen molar-refractivity contribution < 1.29 is 13.9 Å². The van der Waals surface area contributed by atoms with Crippen LogP contribution in [0.5, 0.6) is 0 Å². The number of halogens is 1. The van der Waals surface area contributed by atoms with Crippen molar-refractivity contribution >= 4 is 17.7 Å². The van der Waals surface area contributed by atoms with Crippen molar-refractivity contribution in [1.82, 2.24) is 25.0 Å². The van der Waals surface area contributed by atoms with Crippen molar-refractivity contribution in [2.24, 2.45) is 17.8 Å².